The minimum absolute atomic E-state index is 0.0571. The lowest BCUT2D eigenvalue weighted by Crippen LogP contribution is -2.32. The molecule has 0 spiro atoms. The van der Waals surface area contributed by atoms with Gasteiger partial charge in [0.1, 0.15) is 11.9 Å². The summed E-state index contributed by atoms with van der Waals surface area (Å²) >= 11 is 0. The van der Waals surface area contributed by atoms with Crippen LogP contribution in [0.4, 0.5) is 0 Å². The van der Waals surface area contributed by atoms with E-state index in [9.17, 15) is 4.79 Å². The minimum atomic E-state index is -0.118. The number of para-hydroxylation sites is 1. The van der Waals surface area contributed by atoms with E-state index in [1.165, 1.54) is 7.11 Å². The van der Waals surface area contributed by atoms with Gasteiger partial charge in [0.05, 0.1) is 27.2 Å². The summed E-state index contributed by atoms with van der Waals surface area (Å²) in [4.78, 5) is 22.6. The number of rotatable bonds is 6. The second kappa shape index (κ2) is 7.83. The summed E-state index contributed by atoms with van der Waals surface area (Å²) in [6.45, 7) is 1.18. The SMILES string of the molecule is COc1ccccc1CC(=O)N1CCC(Oc2nccnc2OC)C1. The Morgan fingerprint density at radius 3 is 2.68 bits per heavy atom. The van der Waals surface area contributed by atoms with Crippen molar-refractivity contribution >= 4 is 5.91 Å². The Kier molecular flexibility index (Phi) is 5.33. The number of benzene rings is 1. The largest absolute Gasteiger partial charge is 0.496 e. The zero-order valence-corrected chi connectivity index (χ0v) is 14.3. The average molecular weight is 343 g/mol. The first-order valence-corrected chi connectivity index (χ1v) is 8.12. The van der Waals surface area contributed by atoms with Crippen LogP contribution in [0.25, 0.3) is 0 Å². The fraction of sp³-hybridized carbons (Fsp3) is 0.389. The standard InChI is InChI=1S/C18H21N3O4/c1-23-15-6-4-3-5-13(15)11-16(22)21-10-7-14(12-21)25-18-17(24-2)19-8-9-20-18/h3-6,8-9,14H,7,10-12H2,1-2H3. The van der Waals surface area contributed by atoms with E-state index in [0.717, 1.165) is 17.7 Å². The predicted octanol–water partition coefficient (Wildman–Crippen LogP) is 1.72. The van der Waals surface area contributed by atoms with Crippen LogP contribution in [0.15, 0.2) is 36.7 Å². The maximum Gasteiger partial charge on any atom is 0.278 e. The molecule has 0 aliphatic carbocycles. The van der Waals surface area contributed by atoms with Gasteiger partial charge in [0, 0.05) is 30.9 Å². The van der Waals surface area contributed by atoms with E-state index in [4.69, 9.17) is 14.2 Å². The zero-order valence-electron chi connectivity index (χ0n) is 14.3. The summed E-state index contributed by atoms with van der Waals surface area (Å²) < 4.78 is 16.3. The Hall–Kier alpha value is -2.83. The molecule has 7 heteroatoms. The topological polar surface area (TPSA) is 73.8 Å². The summed E-state index contributed by atoms with van der Waals surface area (Å²) in [5.41, 5.74) is 0.884. The number of methoxy groups -OCH3 is 2. The highest BCUT2D eigenvalue weighted by Gasteiger charge is 2.29. The number of hydrogen-bond acceptors (Lipinski definition) is 6. The maximum absolute atomic E-state index is 12.6. The van der Waals surface area contributed by atoms with Crippen LogP contribution in [0, 0.1) is 0 Å². The molecular weight excluding hydrogens is 322 g/mol. The van der Waals surface area contributed by atoms with Gasteiger partial charge in [0.15, 0.2) is 0 Å². The molecule has 3 rings (SSSR count). The number of likely N-dealkylation sites (tertiary alicyclic amines) is 1. The molecule has 1 atom stereocenters. The first kappa shape index (κ1) is 17.0. The summed E-state index contributed by atoms with van der Waals surface area (Å²) in [5.74, 6) is 1.49. The Labute approximate surface area is 146 Å². The van der Waals surface area contributed by atoms with Crippen LogP contribution in [0.5, 0.6) is 17.5 Å². The van der Waals surface area contributed by atoms with Gasteiger partial charge in [-0.15, -0.1) is 0 Å². The molecule has 2 aromatic rings. The smallest absolute Gasteiger partial charge is 0.278 e. The third-order valence-electron chi connectivity index (χ3n) is 4.14. The molecule has 1 unspecified atom stereocenters. The van der Waals surface area contributed by atoms with Crippen molar-refractivity contribution in [1.82, 2.24) is 14.9 Å². The number of carbonyl (C=O) groups excluding carboxylic acids is 1. The molecule has 0 bridgehead atoms. The lowest BCUT2D eigenvalue weighted by Gasteiger charge is -2.18. The Balaban J connectivity index is 1.59. The van der Waals surface area contributed by atoms with Crippen molar-refractivity contribution in [2.75, 3.05) is 27.3 Å². The van der Waals surface area contributed by atoms with E-state index >= 15 is 0 Å². The Bertz CT molecular complexity index is 738. The second-order valence-electron chi connectivity index (χ2n) is 5.73. The molecule has 1 amide bonds. The summed E-state index contributed by atoms with van der Waals surface area (Å²) in [6, 6.07) is 7.56. The number of ether oxygens (including phenoxy) is 3. The van der Waals surface area contributed by atoms with Crippen molar-refractivity contribution in [2.24, 2.45) is 0 Å². The third-order valence-corrected chi connectivity index (χ3v) is 4.14. The van der Waals surface area contributed by atoms with Gasteiger partial charge in [-0.05, 0) is 6.07 Å². The average Bonchev–Trinajstić information content (AvgIpc) is 3.11. The first-order valence-electron chi connectivity index (χ1n) is 8.12. The summed E-state index contributed by atoms with van der Waals surface area (Å²) in [5, 5.41) is 0. The highest BCUT2D eigenvalue weighted by Crippen LogP contribution is 2.25. The molecule has 0 radical (unpaired) electrons. The molecule has 2 heterocycles. The van der Waals surface area contributed by atoms with Crippen LogP contribution in [-0.4, -0.2) is 54.2 Å². The maximum atomic E-state index is 12.6. The predicted molar refractivity (Wildman–Crippen MR) is 90.9 cm³/mol. The molecule has 7 nitrogen and oxygen atoms in total. The lowest BCUT2D eigenvalue weighted by molar-refractivity contribution is -0.129. The van der Waals surface area contributed by atoms with Gasteiger partial charge in [0.2, 0.25) is 5.91 Å². The fourth-order valence-electron chi connectivity index (χ4n) is 2.87. The Morgan fingerprint density at radius 1 is 1.16 bits per heavy atom. The van der Waals surface area contributed by atoms with E-state index in [-0.39, 0.29) is 12.0 Å². The number of nitrogens with zero attached hydrogens (tertiary/aromatic N) is 3. The van der Waals surface area contributed by atoms with E-state index < -0.39 is 0 Å². The summed E-state index contributed by atoms with van der Waals surface area (Å²) in [7, 11) is 3.13. The van der Waals surface area contributed by atoms with Crippen molar-refractivity contribution < 1.29 is 19.0 Å². The van der Waals surface area contributed by atoms with E-state index in [0.29, 0.717) is 31.3 Å². The van der Waals surface area contributed by atoms with Crippen LogP contribution in [0.1, 0.15) is 12.0 Å². The van der Waals surface area contributed by atoms with Crippen molar-refractivity contribution in [3.8, 4) is 17.5 Å². The van der Waals surface area contributed by atoms with Gasteiger partial charge in [-0.3, -0.25) is 4.79 Å². The quantitative estimate of drug-likeness (QED) is 0.795. The van der Waals surface area contributed by atoms with Crippen molar-refractivity contribution in [1.29, 1.82) is 0 Å². The van der Waals surface area contributed by atoms with Crippen molar-refractivity contribution in [3.05, 3.63) is 42.2 Å². The highest BCUT2D eigenvalue weighted by molar-refractivity contribution is 5.79. The zero-order chi connectivity index (χ0) is 17.6. The second-order valence-corrected chi connectivity index (χ2v) is 5.73. The Morgan fingerprint density at radius 2 is 1.92 bits per heavy atom. The van der Waals surface area contributed by atoms with E-state index in [1.54, 1.807) is 24.4 Å². The van der Waals surface area contributed by atoms with Crippen LogP contribution < -0.4 is 14.2 Å². The van der Waals surface area contributed by atoms with Gasteiger partial charge in [-0.1, -0.05) is 18.2 Å². The van der Waals surface area contributed by atoms with Gasteiger partial charge in [-0.2, -0.15) is 0 Å². The normalized spacial score (nSPS) is 16.6. The van der Waals surface area contributed by atoms with E-state index in [1.807, 2.05) is 24.3 Å². The van der Waals surface area contributed by atoms with Crippen LogP contribution >= 0.6 is 0 Å². The lowest BCUT2D eigenvalue weighted by atomic mass is 10.1. The molecule has 1 saturated heterocycles. The fourth-order valence-corrected chi connectivity index (χ4v) is 2.87. The molecule has 1 aliphatic rings. The van der Waals surface area contributed by atoms with Crippen LogP contribution in [0.2, 0.25) is 0 Å². The van der Waals surface area contributed by atoms with Gasteiger partial charge >= 0.3 is 0 Å². The number of aromatic nitrogens is 2. The molecule has 1 aromatic carbocycles. The summed E-state index contributed by atoms with van der Waals surface area (Å²) in [6.07, 6.45) is 4.04. The van der Waals surface area contributed by atoms with Gasteiger partial charge < -0.3 is 19.1 Å². The van der Waals surface area contributed by atoms with Crippen LogP contribution in [-0.2, 0) is 11.2 Å². The van der Waals surface area contributed by atoms with Crippen molar-refractivity contribution in [3.63, 3.8) is 0 Å². The number of amides is 1. The van der Waals surface area contributed by atoms with E-state index in [2.05, 4.69) is 9.97 Å². The highest BCUT2D eigenvalue weighted by atomic mass is 16.5. The van der Waals surface area contributed by atoms with Gasteiger partial charge in [0.25, 0.3) is 11.8 Å². The molecule has 0 N–H and O–H groups in total. The number of carbonyl (C=O) groups is 1. The molecule has 1 fully saturated rings. The van der Waals surface area contributed by atoms with Crippen molar-refractivity contribution in [2.45, 2.75) is 18.9 Å². The minimum Gasteiger partial charge on any atom is -0.496 e. The molecular formula is C18H21N3O4. The molecule has 0 saturated carbocycles. The monoisotopic (exact) mass is 343 g/mol. The third kappa shape index (κ3) is 3.99. The van der Waals surface area contributed by atoms with Gasteiger partial charge in [-0.25, -0.2) is 9.97 Å². The van der Waals surface area contributed by atoms with Crippen LogP contribution in [0.3, 0.4) is 0 Å². The molecule has 132 valence electrons. The number of hydrogen-bond donors (Lipinski definition) is 0. The molecule has 25 heavy (non-hydrogen) atoms. The molecule has 1 aliphatic heterocycles. The molecule has 1 aromatic heterocycles. The first-order chi connectivity index (χ1) is 12.2.